The summed E-state index contributed by atoms with van der Waals surface area (Å²) < 4.78 is 7.45. The van der Waals surface area contributed by atoms with Gasteiger partial charge in [0.05, 0.1) is 18.7 Å². The van der Waals surface area contributed by atoms with Crippen molar-refractivity contribution in [2.45, 2.75) is 26.4 Å². The molecule has 1 heterocycles. The molecule has 0 saturated heterocycles. The molecule has 0 aliphatic heterocycles. The van der Waals surface area contributed by atoms with Gasteiger partial charge in [0.25, 0.3) is 0 Å². The molecule has 0 aliphatic carbocycles. The van der Waals surface area contributed by atoms with E-state index < -0.39 is 6.04 Å². The third-order valence-electron chi connectivity index (χ3n) is 4.55. The number of ether oxygens (including phenoxy) is 1. The second-order valence-electron chi connectivity index (χ2n) is 6.83. The summed E-state index contributed by atoms with van der Waals surface area (Å²) in [6.45, 7) is 4.60. The Balaban J connectivity index is 1.85. The minimum atomic E-state index is -0.519. The highest BCUT2D eigenvalue weighted by Crippen LogP contribution is 2.23. The Hall–Kier alpha value is -2.79. The number of hydrogen-bond donors (Lipinski definition) is 2. The number of hydrogen-bond acceptors (Lipinski definition) is 3. The average molecular weight is 351 g/mol. The molecule has 0 unspecified atom stereocenters. The van der Waals surface area contributed by atoms with E-state index in [1.54, 1.807) is 7.11 Å². The van der Waals surface area contributed by atoms with E-state index in [9.17, 15) is 4.79 Å². The number of amides is 1. The van der Waals surface area contributed by atoms with Gasteiger partial charge in [-0.2, -0.15) is 0 Å². The summed E-state index contributed by atoms with van der Waals surface area (Å²) in [4.78, 5) is 12.2. The van der Waals surface area contributed by atoms with Gasteiger partial charge in [0.1, 0.15) is 5.75 Å². The molecule has 3 N–H and O–H groups in total. The van der Waals surface area contributed by atoms with Crippen LogP contribution in [0.15, 0.2) is 54.7 Å². The molecule has 26 heavy (non-hydrogen) atoms. The summed E-state index contributed by atoms with van der Waals surface area (Å²) in [7, 11) is 1.67. The van der Waals surface area contributed by atoms with Crippen LogP contribution in [-0.4, -0.2) is 23.6 Å². The van der Waals surface area contributed by atoms with Crippen LogP contribution in [0.5, 0.6) is 5.75 Å². The van der Waals surface area contributed by atoms with Crippen LogP contribution >= 0.6 is 0 Å². The first-order chi connectivity index (χ1) is 12.5. The Morgan fingerprint density at radius 3 is 2.73 bits per heavy atom. The Kier molecular flexibility index (Phi) is 5.28. The van der Waals surface area contributed by atoms with Crippen molar-refractivity contribution in [1.29, 1.82) is 0 Å². The van der Waals surface area contributed by atoms with Gasteiger partial charge in [0.15, 0.2) is 0 Å². The van der Waals surface area contributed by atoms with Crippen LogP contribution in [0.3, 0.4) is 0 Å². The van der Waals surface area contributed by atoms with Crippen LogP contribution < -0.4 is 15.8 Å². The summed E-state index contributed by atoms with van der Waals surface area (Å²) >= 11 is 0. The minimum Gasteiger partial charge on any atom is -0.497 e. The van der Waals surface area contributed by atoms with Crippen LogP contribution in [0.4, 0.5) is 5.69 Å². The molecule has 0 saturated carbocycles. The molecule has 136 valence electrons. The number of nitrogens with zero attached hydrogens (tertiary/aromatic N) is 1. The van der Waals surface area contributed by atoms with Gasteiger partial charge in [-0.05, 0) is 47.2 Å². The van der Waals surface area contributed by atoms with E-state index in [4.69, 9.17) is 10.5 Å². The van der Waals surface area contributed by atoms with E-state index in [-0.39, 0.29) is 11.8 Å². The molecule has 3 aromatic rings. The van der Waals surface area contributed by atoms with Crippen LogP contribution in [-0.2, 0) is 11.3 Å². The third kappa shape index (κ3) is 3.89. The normalized spacial score (nSPS) is 12.3. The van der Waals surface area contributed by atoms with Crippen molar-refractivity contribution in [1.82, 2.24) is 4.57 Å². The smallest absolute Gasteiger partial charge is 0.241 e. The summed E-state index contributed by atoms with van der Waals surface area (Å²) in [6, 6.07) is 15.5. The number of rotatable bonds is 6. The monoisotopic (exact) mass is 351 g/mol. The van der Waals surface area contributed by atoms with E-state index in [0.717, 1.165) is 34.4 Å². The van der Waals surface area contributed by atoms with Gasteiger partial charge in [-0.25, -0.2) is 0 Å². The number of fused-ring (bicyclic) bond motifs is 1. The zero-order chi connectivity index (χ0) is 18.7. The molecule has 2 aromatic carbocycles. The predicted octanol–water partition coefficient (Wildman–Crippen LogP) is 3.62. The Morgan fingerprint density at radius 2 is 2.00 bits per heavy atom. The van der Waals surface area contributed by atoms with E-state index in [2.05, 4.69) is 28.2 Å². The third-order valence-corrected chi connectivity index (χ3v) is 4.55. The van der Waals surface area contributed by atoms with Gasteiger partial charge < -0.3 is 20.4 Å². The number of methoxy groups -OCH3 is 1. The lowest BCUT2D eigenvalue weighted by atomic mass is 10.0. The molecular weight excluding hydrogens is 326 g/mol. The summed E-state index contributed by atoms with van der Waals surface area (Å²) in [5.41, 5.74) is 8.89. The van der Waals surface area contributed by atoms with Crippen molar-refractivity contribution in [2.75, 3.05) is 12.4 Å². The molecule has 0 aliphatic rings. The SMILES string of the molecule is COc1cccc(Cn2ccc3ccc(NC(=O)[C@@H](N)C(C)C)cc32)c1. The zero-order valence-corrected chi connectivity index (χ0v) is 15.4. The molecule has 0 bridgehead atoms. The summed E-state index contributed by atoms with van der Waals surface area (Å²) in [5, 5.41) is 4.04. The maximum Gasteiger partial charge on any atom is 0.241 e. The number of benzene rings is 2. The van der Waals surface area contributed by atoms with Crippen molar-refractivity contribution < 1.29 is 9.53 Å². The molecule has 5 heteroatoms. The fourth-order valence-electron chi connectivity index (χ4n) is 2.90. The molecule has 1 amide bonds. The minimum absolute atomic E-state index is 0.0932. The summed E-state index contributed by atoms with van der Waals surface area (Å²) in [5.74, 6) is 0.774. The number of anilines is 1. The van der Waals surface area contributed by atoms with Crippen molar-refractivity contribution in [3.8, 4) is 5.75 Å². The lowest BCUT2D eigenvalue weighted by Crippen LogP contribution is -2.39. The second-order valence-corrected chi connectivity index (χ2v) is 6.83. The molecule has 0 fully saturated rings. The number of carbonyl (C=O) groups excluding carboxylic acids is 1. The molecule has 3 rings (SSSR count). The zero-order valence-electron chi connectivity index (χ0n) is 15.4. The van der Waals surface area contributed by atoms with Crippen molar-refractivity contribution >= 4 is 22.5 Å². The first kappa shape index (κ1) is 18.0. The highest BCUT2D eigenvalue weighted by atomic mass is 16.5. The molecule has 1 atom stereocenters. The lowest BCUT2D eigenvalue weighted by Gasteiger charge is -2.15. The maximum atomic E-state index is 12.2. The highest BCUT2D eigenvalue weighted by Gasteiger charge is 2.17. The second kappa shape index (κ2) is 7.62. The number of carbonyl (C=O) groups is 1. The van der Waals surface area contributed by atoms with Crippen LogP contribution in [0, 0.1) is 5.92 Å². The van der Waals surface area contributed by atoms with E-state index >= 15 is 0 Å². The highest BCUT2D eigenvalue weighted by molar-refractivity contribution is 5.96. The fourth-order valence-corrected chi connectivity index (χ4v) is 2.90. The Morgan fingerprint density at radius 1 is 1.19 bits per heavy atom. The Bertz CT molecular complexity index is 915. The van der Waals surface area contributed by atoms with Crippen molar-refractivity contribution in [3.63, 3.8) is 0 Å². The largest absolute Gasteiger partial charge is 0.497 e. The molecule has 1 aromatic heterocycles. The van der Waals surface area contributed by atoms with Crippen LogP contribution in [0.25, 0.3) is 10.9 Å². The predicted molar refractivity (Wildman–Crippen MR) is 105 cm³/mol. The van der Waals surface area contributed by atoms with Crippen LogP contribution in [0.2, 0.25) is 0 Å². The maximum absolute atomic E-state index is 12.2. The van der Waals surface area contributed by atoms with E-state index in [1.807, 2.05) is 50.2 Å². The fraction of sp³-hybridized carbons (Fsp3) is 0.286. The van der Waals surface area contributed by atoms with Crippen molar-refractivity contribution in [2.24, 2.45) is 11.7 Å². The van der Waals surface area contributed by atoms with Gasteiger partial charge >= 0.3 is 0 Å². The van der Waals surface area contributed by atoms with Gasteiger partial charge in [0, 0.05) is 18.4 Å². The van der Waals surface area contributed by atoms with Gasteiger partial charge in [-0.3, -0.25) is 4.79 Å². The van der Waals surface area contributed by atoms with Crippen LogP contribution in [0.1, 0.15) is 19.4 Å². The topological polar surface area (TPSA) is 69.3 Å². The molecular formula is C21H25N3O2. The van der Waals surface area contributed by atoms with Crippen molar-refractivity contribution in [3.05, 3.63) is 60.3 Å². The lowest BCUT2D eigenvalue weighted by molar-refractivity contribution is -0.118. The number of nitrogens with one attached hydrogen (secondary N) is 1. The first-order valence-corrected chi connectivity index (χ1v) is 8.76. The van der Waals surface area contributed by atoms with E-state index in [0.29, 0.717) is 0 Å². The van der Waals surface area contributed by atoms with Gasteiger partial charge in [-0.1, -0.05) is 32.0 Å². The quantitative estimate of drug-likeness (QED) is 0.713. The molecule has 0 radical (unpaired) electrons. The molecule has 5 nitrogen and oxygen atoms in total. The number of nitrogens with two attached hydrogens (primary N) is 1. The Labute approximate surface area is 153 Å². The summed E-state index contributed by atoms with van der Waals surface area (Å²) in [6.07, 6.45) is 2.05. The number of aromatic nitrogens is 1. The standard InChI is InChI=1S/C21H25N3O2/c1-14(2)20(22)21(25)23-17-8-7-16-9-10-24(19(16)12-17)13-15-5-4-6-18(11-15)26-3/h4-12,14,20H,13,22H2,1-3H3,(H,23,25)/t20-/m0/s1. The average Bonchev–Trinajstić information content (AvgIpc) is 3.03. The van der Waals surface area contributed by atoms with E-state index in [1.165, 1.54) is 0 Å². The van der Waals surface area contributed by atoms with Gasteiger partial charge in [-0.15, -0.1) is 0 Å². The first-order valence-electron chi connectivity index (χ1n) is 8.76. The molecule has 0 spiro atoms. The van der Waals surface area contributed by atoms with Gasteiger partial charge in [0.2, 0.25) is 5.91 Å².